The Kier molecular flexibility index (Phi) is 2.60. The highest BCUT2D eigenvalue weighted by Gasteiger charge is 2.11. The zero-order valence-electron chi connectivity index (χ0n) is 9.54. The molecule has 2 heterocycles. The number of hydrogen-bond acceptors (Lipinski definition) is 4. The normalized spacial score (nSPS) is 10.8. The first kappa shape index (κ1) is 11.0. The Labute approximate surface area is 108 Å². The van der Waals surface area contributed by atoms with Gasteiger partial charge in [-0.05, 0) is 12.1 Å². The number of ether oxygens (including phenoxy) is 1. The topological polar surface area (TPSA) is 52.8 Å². The smallest absolute Gasteiger partial charge is 0.318 e. The van der Waals surface area contributed by atoms with E-state index in [4.69, 9.17) is 16.3 Å². The number of hydrogen-bond donors (Lipinski definition) is 0. The van der Waals surface area contributed by atoms with Crippen molar-refractivity contribution in [1.82, 2.24) is 19.5 Å². The molecule has 3 aromatic rings. The van der Waals surface area contributed by atoms with Gasteiger partial charge in [-0.25, -0.2) is 9.97 Å². The third kappa shape index (κ3) is 1.69. The van der Waals surface area contributed by atoms with E-state index in [2.05, 4.69) is 15.0 Å². The molecule has 0 aliphatic heterocycles. The van der Waals surface area contributed by atoms with Gasteiger partial charge in [0, 0.05) is 0 Å². The second-order valence-electron chi connectivity index (χ2n) is 3.63. The molecule has 2 aromatic heterocycles. The van der Waals surface area contributed by atoms with E-state index in [0.29, 0.717) is 10.8 Å². The first-order valence-corrected chi connectivity index (χ1v) is 5.66. The molecule has 90 valence electrons. The average Bonchev–Trinajstić information content (AvgIpc) is 2.83. The maximum Gasteiger partial charge on any atom is 0.318 e. The molecule has 18 heavy (non-hydrogen) atoms. The fraction of sp³-hybridized carbons (Fsp3) is 0.0833. The summed E-state index contributed by atoms with van der Waals surface area (Å²) in [5, 5.41) is 0.443. The van der Waals surface area contributed by atoms with Crippen LogP contribution in [0.25, 0.3) is 16.9 Å². The van der Waals surface area contributed by atoms with Crippen LogP contribution in [0.15, 0.2) is 36.8 Å². The lowest BCUT2D eigenvalue weighted by molar-refractivity contribution is 0.379. The summed E-state index contributed by atoms with van der Waals surface area (Å²) in [5.74, 6) is 0.553. The minimum absolute atomic E-state index is 0.271. The lowest BCUT2D eigenvalue weighted by Crippen LogP contribution is -2.00. The van der Waals surface area contributed by atoms with Crippen molar-refractivity contribution in [3.8, 4) is 11.8 Å². The maximum absolute atomic E-state index is 6.12. The number of para-hydroxylation sites is 2. The molecule has 0 aliphatic carbocycles. The molecule has 0 unspecified atom stereocenters. The molecule has 1 aromatic carbocycles. The Morgan fingerprint density at radius 1 is 1.22 bits per heavy atom. The summed E-state index contributed by atoms with van der Waals surface area (Å²) in [7, 11) is 1.51. The van der Waals surface area contributed by atoms with Gasteiger partial charge in [0.2, 0.25) is 0 Å². The number of fused-ring (bicyclic) bond motifs is 1. The van der Waals surface area contributed by atoms with Gasteiger partial charge in [0.05, 0.1) is 24.3 Å². The van der Waals surface area contributed by atoms with Gasteiger partial charge in [-0.3, -0.25) is 4.57 Å². The number of rotatable bonds is 2. The Morgan fingerprint density at radius 2 is 2.06 bits per heavy atom. The van der Waals surface area contributed by atoms with E-state index < -0.39 is 0 Å². The van der Waals surface area contributed by atoms with Crippen LogP contribution >= 0.6 is 11.6 Å². The quantitative estimate of drug-likeness (QED) is 0.710. The third-order valence-corrected chi connectivity index (χ3v) is 2.83. The molecule has 0 saturated carbocycles. The Hall–Kier alpha value is -2.14. The number of nitrogens with zero attached hydrogens (tertiary/aromatic N) is 4. The van der Waals surface area contributed by atoms with Crippen LogP contribution in [0.4, 0.5) is 0 Å². The van der Waals surface area contributed by atoms with Crippen molar-refractivity contribution in [2.75, 3.05) is 7.11 Å². The van der Waals surface area contributed by atoms with Crippen molar-refractivity contribution in [2.24, 2.45) is 0 Å². The maximum atomic E-state index is 6.12. The van der Waals surface area contributed by atoms with Crippen LogP contribution in [-0.2, 0) is 0 Å². The van der Waals surface area contributed by atoms with E-state index in [1.807, 2.05) is 28.8 Å². The van der Waals surface area contributed by atoms with Crippen molar-refractivity contribution in [3.05, 3.63) is 41.8 Å². The molecular formula is C12H9ClN4O. The fourth-order valence-corrected chi connectivity index (χ4v) is 1.92. The van der Waals surface area contributed by atoms with Crippen molar-refractivity contribution in [1.29, 1.82) is 0 Å². The number of benzene rings is 1. The van der Waals surface area contributed by atoms with Gasteiger partial charge in [-0.15, -0.1) is 0 Å². The molecule has 0 radical (unpaired) electrons. The van der Waals surface area contributed by atoms with Gasteiger partial charge in [0.1, 0.15) is 11.3 Å². The molecule has 0 N–H and O–H groups in total. The fourth-order valence-electron chi connectivity index (χ4n) is 1.74. The highest BCUT2D eigenvalue weighted by atomic mass is 35.5. The van der Waals surface area contributed by atoms with Crippen molar-refractivity contribution in [2.45, 2.75) is 0 Å². The van der Waals surface area contributed by atoms with Crippen LogP contribution in [0.2, 0.25) is 5.02 Å². The number of imidazole rings is 1. The van der Waals surface area contributed by atoms with E-state index in [1.54, 1.807) is 6.33 Å². The minimum Gasteiger partial charge on any atom is -0.467 e. The minimum atomic E-state index is 0.271. The molecule has 0 fully saturated rings. The SMILES string of the molecule is COc1ncc(Cl)c(-n2cnc3ccccc32)n1. The van der Waals surface area contributed by atoms with Gasteiger partial charge >= 0.3 is 6.01 Å². The van der Waals surface area contributed by atoms with E-state index in [0.717, 1.165) is 11.0 Å². The highest BCUT2D eigenvalue weighted by Crippen LogP contribution is 2.23. The summed E-state index contributed by atoms with van der Waals surface area (Å²) >= 11 is 6.12. The second kappa shape index (κ2) is 4.27. The van der Waals surface area contributed by atoms with Crippen LogP contribution in [0.5, 0.6) is 6.01 Å². The zero-order chi connectivity index (χ0) is 12.5. The summed E-state index contributed by atoms with van der Waals surface area (Å²) in [6, 6.07) is 8.02. The molecule has 3 rings (SSSR count). The van der Waals surface area contributed by atoms with Crippen molar-refractivity contribution < 1.29 is 4.74 Å². The summed E-state index contributed by atoms with van der Waals surface area (Å²) in [5.41, 5.74) is 1.81. The van der Waals surface area contributed by atoms with E-state index >= 15 is 0 Å². The molecule has 0 amide bonds. The van der Waals surface area contributed by atoms with Gasteiger partial charge < -0.3 is 4.74 Å². The van der Waals surface area contributed by atoms with Crippen LogP contribution in [0, 0.1) is 0 Å². The number of aromatic nitrogens is 4. The molecule has 6 heteroatoms. The van der Waals surface area contributed by atoms with Crippen LogP contribution < -0.4 is 4.74 Å². The summed E-state index contributed by atoms with van der Waals surface area (Å²) in [6.07, 6.45) is 3.19. The summed E-state index contributed by atoms with van der Waals surface area (Å²) < 4.78 is 6.81. The van der Waals surface area contributed by atoms with Crippen molar-refractivity contribution in [3.63, 3.8) is 0 Å². The molecule has 0 atom stereocenters. The Bertz CT molecular complexity index is 710. The van der Waals surface area contributed by atoms with Crippen molar-refractivity contribution >= 4 is 22.6 Å². The van der Waals surface area contributed by atoms with Crippen LogP contribution in [-0.4, -0.2) is 26.6 Å². The average molecular weight is 261 g/mol. The lowest BCUT2D eigenvalue weighted by Gasteiger charge is -2.06. The largest absolute Gasteiger partial charge is 0.467 e. The predicted octanol–water partition coefficient (Wildman–Crippen LogP) is 2.48. The van der Waals surface area contributed by atoms with Gasteiger partial charge in [-0.1, -0.05) is 23.7 Å². The number of halogens is 1. The summed E-state index contributed by atoms with van der Waals surface area (Å²) in [4.78, 5) is 12.5. The van der Waals surface area contributed by atoms with E-state index in [9.17, 15) is 0 Å². The molecular weight excluding hydrogens is 252 g/mol. The monoisotopic (exact) mass is 260 g/mol. The number of methoxy groups -OCH3 is 1. The standard InChI is InChI=1S/C12H9ClN4O/c1-18-12-14-6-8(13)11(16-12)17-7-15-9-4-2-3-5-10(9)17/h2-7H,1H3. The molecule has 0 spiro atoms. The Morgan fingerprint density at radius 3 is 2.89 bits per heavy atom. The van der Waals surface area contributed by atoms with Gasteiger partial charge in [0.25, 0.3) is 0 Å². The molecule has 5 nitrogen and oxygen atoms in total. The van der Waals surface area contributed by atoms with Gasteiger partial charge in [-0.2, -0.15) is 4.98 Å². The van der Waals surface area contributed by atoms with E-state index in [1.165, 1.54) is 13.3 Å². The summed E-state index contributed by atoms with van der Waals surface area (Å²) in [6.45, 7) is 0. The second-order valence-corrected chi connectivity index (χ2v) is 4.04. The first-order valence-electron chi connectivity index (χ1n) is 5.28. The molecule has 0 bridgehead atoms. The van der Waals surface area contributed by atoms with Crippen LogP contribution in [0.1, 0.15) is 0 Å². The van der Waals surface area contributed by atoms with Gasteiger partial charge in [0.15, 0.2) is 5.82 Å². The zero-order valence-corrected chi connectivity index (χ0v) is 10.3. The van der Waals surface area contributed by atoms with E-state index in [-0.39, 0.29) is 6.01 Å². The highest BCUT2D eigenvalue weighted by molar-refractivity contribution is 6.32. The lowest BCUT2D eigenvalue weighted by atomic mass is 10.3. The first-order chi connectivity index (χ1) is 8.79. The van der Waals surface area contributed by atoms with Crippen LogP contribution in [0.3, 0.4) is 0 Å². The predicted molar refractivity (Wildman–Crippen MR) is 68.2 cm³/mol. The Balaban J connectivity index is 2.25. The molecule has 0 saturated heterocycles. The molecule has 0 aliphatic rings. The third-order valence-electron chi connectivity index (χ3n) is 2.57.